The van der Waals surface area contributed by atoms with Gasteiger partial charge in [-0.2, -0.15) is 0 Å². The maximum Gasteiger partial charge on any atom is 0.220 e. The van der Waals surface area contributed by atoms with Gasteiger partial charge in [-0.3, -0.25) is 9.00 Å². The van der Waals surface area contributed by atoms with Crippen LogP contribution >= 0.6 is 0 Å². The number of carbonyl (C=O) groups excluding carboxylic acids is 1. The summed E-state index contributed by atoms with van der Waals surface area (Å²) in [7, 11) is 1.44. The molecule has 0 aromatic rings. The van der Waals surface area contributed by atoms with E-state index in [0.29, 0.717) is 13.0 Å². The summed E-state index contributed by atoms with van der Waals surface area (Å²) in [6, 6.07) is 0. The van der Waals surface area contributed by atoms with Crippen LogP contribution < -0.4 is 5.73 Å². The molecular weight excluding hydrogens is 180 g/mol. The van der Waals surface area contributed by atoms with Crippen LogP contribution in [-0.2, 0) is 16.1 Å². The molecule has 6 heteroatoms. The average Bonchev–Trinajstić information content (AvgIpc) is 1.98. The molecule has 0 heterocycles. The van der Waals surface area contributed by atoms with Crippen molar-refractivity contribution >= 4 is 17.2 Å². The summed E-state index contributed by atoms with van der Waals surface area (Å²) < 4.78 is 21.7. The highest BCUT2D eigenvalue weighted by molar-refractivity contribution is 7.76. The van der Waals surface area contributed by atoms with E-state index in [1.807, 2.05) is 0 Å². The lowest BCUT2D eigenvalue weighted by atomic mass is 10.1. The molecule has 2 unspecified atom stereocenters. The van der Waals surface area contributed by atoms with Gasteiger partial charge < -0.3 is 10.3 Å². The number of nitrogens with zero attached hydrogens (tertiary/aromatic N) is 1. The first-order chi connectivity index (χ1) is 5.45. The third kappa shape index (κ3) is 4.42. The van der Waals surface area contributed by atoms with Gasteiger partial charge in [-0.25, -0.2) is 4.31 Å². The maximum absolute atomic E-state index is 10.5. The Bertz CT molecular complexity index is 166. The van der Waals surface area contributed by atoms with Gasteiger partial charge in [0.25, 0.3) is 0 Å². The standard InChI is InChI=1S/C6H14N2O3S/c1-5(6(7)9)3-4-8(2)12(10)11/h5H,3-4H2,1-2H3,(H2,7,9)(H,10,11)/p-1. The third-order valence-electron chi connectivity index (χ3n) is 1.62. The molecule has 0 aliphatic rings. The molecule has 2 atom stereocenters. The van der Waals surface area contributed by atoms with E-state index in [2.05, 4.69) is 0 Å². The topological polar surface area (TPSA) is 86.5 Å². The van der Waals surface area contributed by atoms with E-state index < -0.39 is 17.2 Å². The summed E-state index contributed by atoms with van der Waals surface area (Å²) in [6.07, 6.45) is 0.458. The van der Waals surface area contributed by atoms with Crippen molar-refractivity contribution in [1.82, 2.24) is 4.31 Å². The Kier molecular flexibility index (Phi) is 5.03. The Labute approximate surface area is 74.3 Å². The number of primary amides is 1. The second-order valence-corrected chi connectivity index (χ2v) is 3.72. The minimum absolute atomic E-state index is 0.281. The lowest BCUT2D eigenvalue weighted by molar-refractivity contribution is -0.121. The van der Waals surface area contributed by atoms with Crippen molar-refractivity contribution in [3.63, 3.8) is 0 Å². The summed E-state index contributed by atoms with van der Waals surface area (Å²) in [6.45, 7) is 1.99. The molecule has 0 aromatic heterocycles. The van der Waals surface area contributed by atoms with E-state index in [9.17, 15) is 13.6 Å². The zero-order valence-corrected chi connectivity index (χ0v) is 7.97. The predicted octanol–water partition coefficient (Wildman–Crippen LogP) is -0.776. The van der Waals surface area contributed by atoms with Crippen LogP contribution in [0.25, 0.3) is 0 Å². The highest BCUT2D eigenvalue weighted by Gasteiger charge is 2.09. The molecule has 0 fully saturated rings. The van der Waals surface area contributed by atoms with Crippen LogP contribution in [0.15, 0.2) is 0 Å². The Morgan fingerprint density at radius 3 is 2.58 bits per heavy atom. The van der Waals surface area contributed by atoms with Crippen LogP contribution in [0.2, 0.25) is 0 Å². The van der Waals surface area contributed by atoms with Gasteiger partial charge in [-0.05, 0) is 13.5 Å². The molecule has 2 N–H and O–H groups in total. The molecule has 0 saturated heterocycles. The first kappa shape index (κ1) is 11.5. The van der Waals surface area contributed by atoms with Gasteiger partial charge in [-0.15, -0.1) is 0 Å². The first-order valence-corrected chi connectivity index (χ1v) is 4.58. The fourth-order valence-corrected chi connectivity index (χ4v) is 0.847. The van der Waals surface area contributed by atoms with Crippen LogP contribution in [0.1, 0.15) is 13.3 Å². The van der Waals surface area contributed by atoms with E-state index in [4.69, 9.17) is 5.73 Å². The Balaban J connectivity index is 3.68. The van der Waals surface area contributed by atoms with Crippen molar-refractivity contribution in [1.29, 1.82) is 0 Å². The molecule has 72 valence electrons. The first-order valence-electron chi connectivity index (χ1n) is 3.55. The molecule has 0 spiro atoms. The third-order valence-corrected chi connectivity index (χ3v) is 2.31. The molecule has 0 bridgehead atoms. The number of hydrogen-bond acceptors (Lipinski definition) is 3. The molecule has 0 radical (unpaired) electrons. The van der Waals surface area contributed by atoms with E-state index in [-0.39, 0.29) is 5.92 Å². The fourth-order valence-electron chi connectivity index (χ4n) is 0.592. The summed E-state index contributed by atoms with van der Waals surface area (Å²) in [5.41, 5.74) is 4.99. The Morgan fingerprint density at radius 2 is 2.25 bits per heavy atom. The van der Waals surface area contributed by atoms with Crippen molar-refractivity contribution in [3.05, 3.63) is 0 Å². The lowest BCUT2D eigenvalue weighted by Gasteiger charge is -2.19. The molecule has 0 aliphatic carbocycles. The van der Waals surface area contributed by atoms with Gasteiger partial charge in [-0.1, -0.05) is 6.92 Å². The highest BCUT2D eigenvalue weighted by Crippen LogP contribution is 2.01. The monoisotopic (exact) mass is 193 g/mol. The predicted molar refractivity (Wildman–Crippen MR) is 44.5 cm³/mol. The SMILES string of the molecule is CC(CCN(C)S(=O)[O-])C(N)=O. The Morgan fingerprint density at radius 1 is 1.75 bits per heavy atom. The molecule has 0 aromatic carbocycles. The molecular formula is C6H13N2O3S-. The minimum atomic E-state index is -2.21. The van der Waals surface area contributed by atoms with Gasteiger partial charge in [0, 0.05) is 23.7 Å². The number of carbonyl (C=O) groups is 1. The van der Waals surface area contributed by atoms with E-state index in [0.717, 1.165) is 4.31 Å². The van der Waals surface area contributed by atoms with Crippen LogP contribution in [0.5, 0.6) is 0 Å². The fraction of sp³-hybridized carbons (Fsp3) is 0.833. The van der Waals surface area contributed by atoms with Gasteiger partial charge in [0.05, 0.1) is 0 Å². The van der Waals surface area contributed by atoms with E-state index >= 15 is 0 Å². The van der Waals surface area contributed by atoms with Crippen LogP contribution in [0, 0.1) is 5.92 Å². The van der Waals surface area contributed by atoms with Crippen molar-refractivity contribution in [2.24, 2.45) is 11.7 Å². The van der Waals surface area contributed by atoms with Gasteiger partial charge >= 0.3 is 0 Å². The molecule has 0 aliphatic heterocycles. The lowest BCUT2D eigenvalue weighted by Crippen LogP contribution is -2.27. The molecule has 5 nitrogen and oxygen atoms in total. The maximum atomic E-state index is 10.5. The summed E-state index contributed by atoms with van der Waals surface area (Å²) >= 11 is -2.21. The van der Waals surface area contributed by atoms with Gasteiger partial charge in [0.1, 0.15) is 0 Å². The van der Waals surface area contributed by atoms with Crippen LogP contribution in [0.3, 0.4) is 0 Å². The highest BCUT2D eigenvalue weighted by atomic mass is 32.2. The van der Waals surface area contributed by atoms with Crippen LogP contribution in [-0.4, -0.2) is 32.6 Å². The minimum Gasteiger partial charge on any atom is -0.760 e. The van der Waals surface area contributed by atoms with Crippen molar-refractivity contribution in [2.75, 3.05) is 13.6 Å². The number of hydrogen-bond donors (Lipinski definition) is 1. The normalized spacial score (nSPS) is 16.0. The van der Waals surface area contributed by atoms with Gasteiger partial charge in [0.15, 0.2) is 0 Å². The van der Waals surface area contributed by atoms with Crippen molar-refractivity contribution in [3.8, 4) is 0 Å². The van der Waals surface area contributed by atoms with Crippen molar-refractivity contribution in [2.45, 2.75) is 13.3 Å². The zero-order valence-electron chi connectivity index (χ0n) is 7.15. The molecule has 12 heavy (non-hydrogen) atoms. The van der Waals surface area contributed by atoms with E-state index in [1.165, 1.54) is 7.05 Å². The summed E-state index contributed by atoms with van der Waals surface area (Å²) in [4.78, 5) is 10.5. The largest absolute Gasteiger partial charge is 0.760 e. The molecule has 1 amide bonds. The number of rotatable bonds is 5. The number of nitrogens with two attached hydrogens (primary N) is 1. The van der Waals surface area contributed by atoms with Crippen molar-refractivity contribution < 1.29 is 13.6 Å². The van der Waals surface area contributed by atoms with Gasteiger partial charge in [0.2, 0.25) is 5.91 Å². The summed E-state index contributed by atoms with van der Waals surface area (Å²) in [5, 5.41) is 0. The summed E-state index contributed by atoms with van der Waals surface area (Å²) in [5.74, 6) is -0.684. The van der Waals surface area contributed by atoms with Crippen LogP contribution in [0.4, 0.5) is 0 Å². The second-order valence-electron chi connectivity index (χ2n) is 2.66. The number of amides is 1. The zero-order chi connectivity index (χ0) is 9.72. The Hall–Kier alpha value is -0.460. The smallest absolute Gasteiger partial charge is 0.220 e. The molecule has 0 saturated carbocycles. The average molecular weight is 193 g/mol. The van der Waals surface area contributed by atoms with E-state index in [1.54, 1.807) is 6.92 Å². The second kappa shape index (κ2) is 5.23. The molecule has 0 rings (SSSR count). The quantitative estimate of drug-likeness (QED) is 0.581.